The Bertz CT molecular complexity index is 1160. The second kappa shape index (κ2) is 11.2. The number of benzene rings is 3. The third-order valence-electron chi connectivity index (χ3n) is 5.95. The van der Waals surface area contributed by atoms with Crippen LogP contribution in [0, 0.1) is 0 Å². The molecule has 35 heavy (non-hydrogen) atoms. The third-order valence-corrected chi connectivity index (χ3v) is 5.95. The first-order chi connectivity index (χ1) is 17.0. The molecular weight excluding hydrogens is 442 g/mol. The maximum absolute atomic E-state index is 13.3. The molecule has 1 fully saturated rings. The number of anilines is 3. The molecular formula is C27H29N5O3. The van der Waals surface area contributed by atoms with Crippen molar-refractivity contribution in [1.29, 1.82) is 0 Å². The van der Waals surface area contributed by atoms with Crippen LogP contribution in [0.1, 0.15) is 31.2 Å². The number of carbonyl (C=O) groups is 3. The van der Waals surface area contributed by atoms with E-state index < -0.39 is 5.54 Å². The Morgan fingerprint density at radius 2 is 1.23 bits per heavy atom. The molecule has 0 aliphatic heterocycles. The molecule has 5 N–H and O–H groups in total. The average molecular weight is 472 g/mol. The minimum atomic E-state index is -0.977. The third kappa shape index (κ3) is 6.60. The SMILES string of the molecule is O=C(Nc1ccccc1)Nc1cccc(NC(=O)C2(NC(=O)NCc3ccccc3)CCCC2)c1. The van der Waals surface area contributed by atoms with Crippen LogP contribution in [0.15, 0.2) is 84.9 Å². The van der Waals surface area contributed by atoms with Crippen molar-refractivity contribution >= 4 is 35.0 Å². The van der Waals surface area contributed by atoms with E-state index in [0.29, 0.717) is 36.4 Å². The molecule has 0 atom stereocenters. The summed E-state index contributed by atoms with van der Waals surface area (Å²) in [5.74, 6) is -0.268. The minimum absolute atomic E-state index is 0.268. The Balaban J connectivity index is 1.36. The molecule has 0 aromatic heterocycles. The van der Waals surface area contributed by atoms with E-state index in [2.05, 4.69) is 26.6 Å². The van der Waals surface area contributed by atoms with Crippen molar-refractivity contribution in [3.8, 4) is 0 Å². The van der Waals surface area contributed by atoms with Crippen molar-refractivity contribution in [1.82, 2.24) is 10.6 Å². The van der Waals surface area contributed by atoms with Gasteiger partial charge in [0.25, 0.3) is 0 Å². The van der Waals surface area contributed by atoms with Crippen LogP contribution in [0.2, 0.25) is 0 Å². The van der Waals surface area contributed by atoms with Gasteiger partial charge in [-0.15, -0.1) is 0 Å². The van der Waals surface area contributed by atoms with E-state index in [9.17, 15) is 14.4 Å². The van der Waals surface area contributed by atoms with Gasteiger partial charge in [0.2, 0.25) is 5.91 Å². The number of carbonyl (C=O) groups excluding carboxylic acids is 3. The van der Waals surface area contributed by atoms with Crippen LogP contribution in [0.3, 0.4) is 0 Å². The standard InChI is InChI=1S/C27H29N5O3/c33-24(27(16-7-8-17-27)32-25(34)28-19-20-10-3-1-4-11-20)29-22-14-9-15-23(18-22)31-26(35)30-21-12-5-2-6-13-21/h1-6,9-15,18H,7-8,16-17,19H2,(H,29,33)(H2,28,32,34)(H2,30,31,35). The lowest BCUT2D eigenvalue weighted by Gasteiger charge is -2.29. The molecule has 5 amide bonds. The summed E-state index contributed by atoms with van der Waals surface area (Å²) in [6, 6.07) is 24.9. The summed E-state index contributed by atoms with van der Waals surface area (Å²) in [7, 11) is 0. The Morgan fingerprint density at radius 1 is 0.657 bits per heavy atom. The normalized spacial score (nSPS) is 13.9. The molecule has 3 aromatic carbocycles. The summed E-state index contributed by atoms with van der Waals surface area (Å²) in [6.07, 6.45) is 2.84. The van der Waals surface area contributed by atoms with Gasteiger partial charge in [0.15, 0.2) is 0 Å². The number of amides is 5. The first kappa shape index (κ1) is 23.8. The molecule has 180 valence electrons. The van der Waals surface area contributed by atoms with Gasteiger partial charge in [-0.3, -0.25) is 4.79 Å². The van der Waals surface area contributed by atoms with E-state index in [4.69, 9.17) is 0 Å². The first-order valence-corrected chi connectivity index (χ1v) is 11.7. The molecule has 0 radical (unpaired) electrons. The van der Waals surface area contributed by atoms with Crippen LogP contribution in [0.25, 0.3) is 0 Å². The number of nitrogens with one attached hydrogen (secondary N) is 5. The van der Waals surface area contributed by atoms with Gasteiger partial charge < -0.3 is 26.6 Å². The molecule has 0 unspecified atom stereocenters. The van der Waals surface area contributed by atoms with Crippen molar-refractivity contribution in [2.75, 3.05) is 16.0 Å². The van der Waals surface area contributed by atoms with Crippen LogP contribution in [-0.4, -0.2) is 23.5 Å². The van der Waals surface area contributed by atoms with Crippen molar-refractivity contribution in [2.45, 2.75) is 37.8 Å². The number of para-hydroxylation sites is 1. The lowest BCUT2D eigenvalue weighted by atomic mass is 9.96. The summed E-state index contributed by atoms with van der Waals surface area (Å²) in [5, 5.41) is 14.2. The minimum Gasteiger partial charge on any atom is -0.334 e. The van der Waals surface area contributed by atoms with Gasteiger partial charge in [0.05, 0.1) is 0 Å². The quantitative estimate of drug-likeness (QED) is 0.331. The summed E-state index contributed by atoms with van der Waals surface area (Å²) in [5.41, 5.74) is 1.74. The summed E-state index contributed by atoms with van der Waals surface area (Å²) in [6.45, 7) is 0.378. The molecule has 0 bridgehead atoms. The smallest absolute Gasteiger partial charge is 0.323 e. The van der Waals surface area contributed by atoms with Gasteiger partial charge in [0, 0.05) is 23.6 Å². The molecule has 0 heterocycles. The zero-order chi connectivity index (χ0) is 24.5. The van der Waals surface area contributed by atoms with E-state index >= 15 is 0 Å². The number of rotatable bonds is 7. The fourth-order valence-corrected chi connectivity index (χ4v) is 4.17. The van der Waals surface area contributed by atoms with Crippen LogP contribution in [0.5, 0.6) is 0 Å². The van der Waals surface area contributed by atoms with Gasteiger partial charge in [-0.05, 0) is 48.7 Å². The van der Waals surface area contributed by atoms with E-state index in [-0.39, 0.29) is 18.0 Å². The van der Waals surface area contributed by atoms with Crippen LogP contribution >= 0.6 is 0 Å². The molecule has 8 heteroatoms. The fourth-order valence-electron chi connectivity index (χ4n) is 4.17. The van der Waals surface area contributed by atoms with Crippen LogP contribution < -0.4 is 26.6 Å². The highest BCUT2D eigenvalue weighted by Gasteiger charge is 2.42. The average Bonchev–Trinajstić information content (AvgIpc) is 3.34. The zero-order valence-electron chi connectivity index (χ0n) is 19.3. The predicted molar refractivity (Wildman–Crippen MR) is 137 cm³/mol. The Morgan fingerprint density at radius 3 is 1.91 bits per heavy atom. The van der Waals surface area contributed by atoms with E-state index in [1.54, 1.807) is 36.4 Å². The topological polar surface area (TPSA) is 111 Å². The van der Waals surface area contributed by atoms with Crippen molar-refractivity contribution in [3.63, 3.8) is 0 Å². The molecule has 8 nitrogen and oxygen atoms in total. The molecule has 0 saturated heterocycles. The molecule has 1 saturated carbocycles. The molecule has 4 rings (SSSR count). The van der Waals surface area contributed by atoms with Gasteiger partial charge in [0.1, 0.15) is 5.54 Å². The summed E-state index contributed by atoms with van der Waals surface area (Å²) in [4.78, 5) is 38.2. The Labute approximate surface area is 204 Å². The van der Waals surface area contributed by atoms with Crippen molar-refractivity contribution in [2.24, 2.45) is 0 Å². The van der Waals surface area contributed by atoms with Gasteiger partial charge in [-0.2, -0.15) is 0 Å². The highest BCUT2D eigenvalue weighted by Crippen LogP contribution is 2.31. The van der Waals surface area contributed by atoms with E-state index in [1.807, 2.05) is 48.5 Å². The number of hydrogen-bond acceptors (Lipinski definition) is 3. The van der Waals surface area contributed by atoms with Gasteiger partial charge in [-0.1, -0.05) is 67.4 Å². The molecule has 1 aliphatic rings. The lowest BCUT2D eigenvalue weighted by Crippen LogP contribution is -2.57. The summed E-state index contributed by atoms with van der Waals surface area (Å²) >= 11 is 0. The van der Waals surface area contributed by atoms with Crippen LogP contribution in [-0.2, 0) is 11.3 Å². The van der Waals surface area contributed by atoms with Crippen LogP contribution in [0.4, 0.5) is 26.7 Å². The summed E-state index contributed by atoms with van der Waals surface area (Å²) < 4.78 is 0. The molecule has 0 spiro atoms. The second-order valence-corrected chi connectivity index (χ2v) is 8.56. The largest absolute Gasteiger partial charge is 0.334 e. The van der Waals surface area contributed by atoms with E-state index in [1.165, 1.54) is 0 Å². The number of urea groups is 2. The number of hydrogen-bond donors (Lipinski definition) is 5. The van der Waals surface area contributed by atoms with Gasteiger partial charge >= 0.3 is 12.1 Å². The Kier molecular flexibility index (Phi) is 7.62. The predicted octanol–water partition coefficient (Wildman–Crippen LogP) is 5.08. The Hall–Kier alpha value is -4.33. The molecule has 3 aromatic rings. The van der Waals surface area contributed by atoms with E-state index in [0.717, 1.165) is 18.4 Å². The highest BCUT2D eigenvalue weighted by molar-refractivity contribution is 6.02. The fraction of sp³-hybridized carbons (Fsp3) is 0.222. The highest BCUT2D eigenvalue weighted by atomic mass is 16.2. The monoisotopic (exact) mass is 471 g/mol. The van der Waals surface area contributed by atoms with Crippen molar-refractivity contribution < 1.29 is 14.4 Å². The maximum Gasteiger partial charge on any atom is 0.323 e. The molecule has 1 aliphatic carbocycles. The van der Waals surface area contributed by atoms with Gasteiger partial charge in [-0.25, -0.2) is 9.59 Å². The second-order valence-electron chi connectivity index (χ2n) is 8.56. The zero-order valence-corrected chi connectivity index (χ0v) is 19.3. The first-order valence-electron chi connectivity index (χ1n) is 11.7. The maximum atomic E-state index is 13.3. The lowest BCUT2D eigenvalue weighted by molar-refractivity contribution is -0.121. The van der Waals surface area contributed by atoms with Crippen molar-refractivity contribution in [3.05, 3.63) is 90.5 Å².